The van der Waals surface area contributed by atoms with Crippen molar-refractivity contribution in [3.63, 3.8) is 0 Å². The molecule has 4 atom stereocenters. The Labute approximate surface area is 214 Å². The van der Waals surface area contributed by atoms with E-state index in [0.717, 1.165) is 16.9 Å². The Hall–Kier alpha value is -2.64. The first-order chi connectivity index (χ1) is 16.8. The predicted octanol–water partition coefficient (Wildman–Crippen LogP) is 5.69. The number of rotatable bonds is 5. The Bertz CT molecular complexity index is 1300. The van der Waals surface area contributed by atoms with Gasteiger partial charge in [0.1, 0.15) is 17.1 Å². The van der Waals surface area contributed by atoms with Crippen molar-refractivity contribution in [2.45, 2.75) is 43.9 Å². The second-order valence-electron chi connectivity index (χ2n) is 9.06. The van der Waals surface area contributed by atoms with Gasteiger partial charge in [0.2, 0.25) is 5.91 Å². The van der Waals surface area contributed by atoms with Crippen LogP contribution in [-0.4, -0.2) is 29.5 Å². The first kappa shape index (κ1) is 24.1. The molecule has 3 N–H and O–H groups in total. The molecule has 5 rings (SSSR count). The number of ether oxygens (including phenoxy) is 1. The Kier molecular flexibility index (Phi) is 6.26. The largest absolute Gasteiger partial charge is 0.494 e. The molecule has 2 aliphatic heterocycles. The summed E-state index contributed by atoms with van der Waals surface area (Å²) < 4.78 is 21.2. The number of hydrogen-bond donors (Lipinski definition) is 2. The van der Waals surface area contributed by atoms with Gasteiger partial charge in [0, 0.05) is 40.8 Å². The standard InChI is InChI=1S/C27H26Cl2FN3O2/c1-3-35-18-7-4-6-16(12-18)14-33-15(2)25(31)23(19-8-5-9-21(29)24(19)30)27(33)20-11-10-17(28)13-22(20)32-26(27)34/h4-13,15,23,25H,3,14,31H2,1-2H3,(H,32,34)/t15-,23-,25+,27+/m0/s1. The summed E-state index contributed by atoms with van der Waals surface area (Å²) in [5.74, 6) is -0.763. The molecule has 0 saturated carbocycles. The number of carbonyl (C=O) groups is 1. The van der Waals surface area contributed by atoms with Gasteiger partial charge in [-0.05, 0) is 55.3 Å². The van der Waals surface area contributed by atoms with E-state index in [0.29, 0.717) is 29.4 Å². The lowest BCUT2D eigenvalue weighted by Gasteiger charge is -2.39. The number of likely N-dealkylation sites (tertiary alicyclic amines) is 1. The Balaban J connectivity index is 1.72. The number of hydrogen-bond acceptors (Lipinski definition) is 4. The molecule has 0 radical (unpaired) electrons. The molecule has 3 aromatic carbocycles. The number of anilines is 1. The lowest BCUT2D eigenvalue weighted by atomic mass is 9.73. The molecule has 2 aliphatic rings. The monoisotopic (exact) mass is 513 g/mol. The second kappa shape index (κ2) is 9.10. The summed E-state index contributed by atoms with van der Waals surface area (Å²) in [4.78, 5) is 16.0. The van der Waals surface area contributed by atoms with Crippen LogP contribution >= 0.6 is 23.2 Å². The Morgan fingerprint density at radius 1 is 1.14 bits per heavy atom. The van der Waals surface area contributed by atoms with Crippen LogP contribution in [0.2, 0.25) is 10.0 Å². The van der Waals surface area contributed by atoms with Gasteiger partial charge in [0.25, 0.3) is 0 Å². The second-order valence-corrected chi connectivity index (χ2v) is 9.90. The molecule has 35 heavy (non-hydrogen) atoms. The highest BCUT2D eigenvalue weighted by Gasteiger charge is 2.65. The van der Waals surface area contributed by atoms with Gasteiger partial charge in [-0.15, -0.1) is 0 Å². The highest BCUT2D eigenvalue weighted by Crippen LogP contribution is 2.57. The molecule has 182 valence electrons. The van der Waals surface area contributed by atoms with Gasteiger partial charge in [0.05, 0.1) is 11.6 Å². The number of amides is 1. The molecule has 2 heterocycles. The summed E-state index contributed by atoms with van der Waals surface area (Å²) in [5, 5.41) is 3.49. The van der Waals surface area contributed by atoms with Crippen molar-refractivity contribution >= 4 is 34.8 Å². The summed E-state index contributed by atoms with van der Waals surface area (Å²) in [6.45, 7) is 4.86. The van der Waals surface area contributed by atoms with E-state index in [2.05, 4.69) is 10.2 Å². The van der Waals surface area contributed by atoms with Gasteiger partial charge >= 0.3 is 0 Å². The molecular formula is C27H26Cl2FN3O2. The normalized spacial score (nSPS) is 25.7. The van der Waals surface area contributed by atoms with E-state index in [1.54, 1.807) is 24.3 Å². The van der Waals surface area contributed by atoms with Gasteiger partial charge in [-0.25, -0.2) is 4.39 Å². The number of carbonyl (C=O) groups excluding carboxylic acids is 1. The third-order valence-electron chi connectivity index (χ3n) is 7.20. The highest BCUT2D eigenvalue weighted by molar-refractivity contribution is 6.31. The predicted molar refractivity (Wildman–Crippen MR) is 137 cm³/mol. The number of halogens is 3. The molecule has 3 aromatic rings. The molecule has 1 saturated heterocycles. The smallest absolute Gasteiger partial charge is 0.250 e. The zero-order chi connectivity index (χ0) is 24.9. The average molecular weight is 514 g/mol. The molecule has 1 amide bonds. The molecule has 1 spiro atoms. The van der Waals surface area contributed by atoms with Crippen molar-refractivity contribution < 1.29 is 13.9 Å². The molecule has 0 aromatic heterocycles. The maximum Gasteiger partial charge on any atom is 0.250 e. The average Bonchev–Trinajstić information content (AvgIpc) is 3.22. The van der Waals surface area contributed by atoms with Crippen molar-refractivity contribution in [2.24, 2.45) is 5.73 Å². The van der Waals surface area contributed by atoms with Crippen molar-refractivity contribution in [1.82, 2.24) is 4.90 Å². The minimum absolute atomic E-state index is 0.00453. The van der Waals surface area contributed by atoms with E-state index >= 15 is 4.39 Å². The summed E-state index contributed by atoms with van der Waals surface area (Å²) in [5.41, 5.74) is 8.15. The Morgan fingerprint density at radius 3 is 2.69 bits per heavy atom. The zero-order valence-electron chi connectivity index (χ0n) is 19.4. The van der Waals surface area contributed by atoms with Crippen molar-refractivity contribution in [2.75, 3.05) is 11.9 Å². The summed E-state index contributed by atoms with van der Waals surface area (Å²) in [6, 6.07) is 17.1. The number of nitrogens with two attached hydrogens (primary N) is 1. The third-order valence-corrected chi connectivity index (χ3v) is 7.73. The Morgan fingerprint density at radius 2 is 1.91 bits per heavy atom. The van der Waals surface area contributed by atoms with Crippen molar-refractivity contribution in [3.8, 4) is 5.75 Å². The van der Waals surface area contributed by atoms with Crippen LogP contribution in [0.3, 0.4) is 0 Å². The molecule has 0 bridgehead atoms. The summed E-state index contributed by atoms with van der Waals surface area (Å²) >= 11 is 12.4. The van der Waals surface area contributed by atoms with Crippen molar-refractivity contribution in [1.29, 1.82) is 0 Å². The van der Waals surface area contributed by atoms with E-state index in [1.807, 2.05) is 44.2 Å². The third kappa shape index (κ3) is 3.71. The molecule has 5 nitrogen and oxygen atoms in total. The van der Waals surface area contributed by atoms with Crippen LogP contribution in [0.15, 0.2) is 60.7 Å². The SMILES string of the molecule is CCOc1cccc(CN2[C@@H](C)[C@@H](N)[C@H](c3cccc(Cl)c3F)[C@]23C(=O)Nc2cc(Cl)ccc23)c1. The summed E-state index contributed by atoms with van der Waals surface area (Å²) in [6.07, 6.45) is 0. The van der Waals surface area contributed by atoms with E-state index < -0.39 is 23.3 Å². The topological polar surface area (TPSA) is 67.6 Å². The lowest BCUT2D eigenvalue weighted by molar-refractivity contribution is -0.128. The number of benzene rings is 3. The summed E-state index contributed by atoms with van der Waals surface area (Å²) in [7, 11) is 0. The van der Waals surface area contributed by atoms with Crippen LogP contribution in [0.5, 0.6) is 5.75 Å². The first-order valence-corrected chi connectivity index (χ1v) is 12.3. The maximum atomic E-state index is 15.5. The molecule has 1 fully saturated rings. The molecule has 0 aliphatic carbocycles. The number of nitrogens with one attached hydrogen (secondary N) is 1. The van der Waals surface area contributed by atoms with Crippen LogP contribution in [0.4, 0.5) is 10.1 Å². The van der Waals surface area contributed by atoms with E-state index in [-0.39, 0.29) is 17.0 Å². The fourth-order valence-electron chi connectivity index (χ4n) is 5.71. The maximum absolute atomic E-state index is 15.5. The number of fused-ring (bicyclic) bond motifs is 2. The quantitative estimate of drug-likeness (QED) is 0.459. The highest BCUT2D eigenvalue weighted by atomic mass is 35.5. The van der Waals surface area contributed by atoms with Gasteiger partial charge in [-0.3, -0.25) is 9.69 Å². The van der Waals surface area contributed by atoms with Gasteiger partial charge in [-0.1, -0.05) is 53.5 Å². The van der Waals surface area contributed by atoms with Crippen LogP contribution in [0.25, 0.3) is 0 Å². The van der Waals surface area contributed by atoms with E-state index in [4.69, 9.17) is 33.7 Å². The first-order valence-electron chi connectivity index (χ1n) is 11.6. The molecule has 8 heteroatoms. The molecular weight excluding hydrogens is 488 g/mol. The van der Waals surface area contributed by atoms with Gasteiger partial charge in [0.15, 0.2) is 0 Å². The fourth-order valence-corrected chi connectivity index (χ4v) is 6.06. The van der Waals surface area contributed by atoms with Crippen LogP contribution in [0.1, 0.15) is 36.5 Å². The van der Waals surface area contributed by atoms with E-state index in [9.17, 15) is 4.79 Å². The van der Waals surface area contributed by atoms with Crippen LogP contribution < -0.4 is 15.8 Å². The lowest BCUT2D eigenvalue weighted by Crippen LogP contribution is -2.51. The minimum atomic E-state index is -1.26. The molecule has 0 unspecified atom stereocenters. The van der Waals surface area contributed by atoms with E-state index in [1.165, 1.54) is 6.07 Å². The van der Waals surface area contributed by atoms with Crippen LogP contribution in [0, 0.1) is 5.82 Å². The fraction of sp³-hybridized carbons (Fsp3) is 0.296. The van der Waals surface area contributed by atoms with Gasteiger partial charge in [-0.2, -0.15) is 0 Å². The van der Waals surface area contributed by atoms with Crippen molar-refractivity contribution in [3.05, 3.63) is 93.2 Å². The minimum Gasteiger partial charge on any atom is -0.494 e. The zero-order valence-corrected chi connectivity index (χ0v) is 20.9. The number of nitrogens with zero attached hydrogens (tertiary/aromatic N) is 1. The van der Waals surface area contributed by atoms with Crippen LogP contribution in [-0.2, 0) is 16.9 Å². The van der Waals surface area contributed by atoms with Gasteiger partial charge < -0.3 is 15.8 Å².